The summed E-state index contributed by atoms with van der Waals surface area (Å²) in [6.07, 6.45) is 0. The third-order valence-electron chi connectivity index (χ3n) is 3.12. The molecule has 0 spiro atoms. The fraction of sp³-hybridized carbons (Fsp3) is 0.235. The van der Waals surface area contributed by atoms with Crippen molar-refractivity contribution in [2.45, 2.75) is 24.8 Å². The first-order chi connectivity index (χ1) is 12.2. The third-order valence-corrected chi connectivity index (χ3v) is 5.43. The van der Waals surface area contributed by atoms with E-state index >= 15 is 0 Å². The molecular weight excluding hydrogens is 399 g/mol. The van der Waals surface area contributed by atoms with Gasteiger partial charge in [0.2, 0.25) is 10.0 Å². The van der Waals surface area contributed by atoms with Gasteiger partial charge in [0.05, 0.1) is 20.6 Å². The molecule has 0 aliphatic rings. The number of hydrogen-bond donors (Lipinski definition) is 2. The number of carbonyl (C=O) groups is 1. The van der Waals surface area contributed by atoms with Crippen LogP contribution in [0.25, 0.3) is 0 Å². The number of benzene rings is 2. The number of carbonyl (C=O) groups excluding carboxylic acids is 1. The zero-order chi connectivity index (χ0) is 19.3. The first-order valence-corrected chi connectivity index (χ1v) is 9.92. The van der Waals surface area contributed by atoms with E-state index < -0.39 is 15.9 Å². The number of halogens is 2. The molecular formula is C17H18Cl2N2O4S. The summed E-state index contributed by atoms with van der Waals surface area (Å²) in [5, 5.41) is 3.21. The number of amides is 1. The molecule has 0 unspecified atom stereocenters. The Balaban J connectivity index is 1.97. The molecule has 0 heterocycles. The van der Waals surface area contributed by atoms with Gasteiger partial charge in [0.15, 0.2) is 6.61 Å². The highest BCUT2D eigenvalue weighted by atomic mass is 35.5. The number of anilines is 1. The van der Waals surface area contributed by atoms with Crippen LogP contribution in [0, 0.1) is 0 Å². The van der Waals surface area contributed by atoms with E-state index in [4.69, 9.17) is 27.9 Å². The SMILES string of the molecule is CC(C)NS(=O)(=O)c1ccc(OCC(=O)Nc2c(Cl)cccc2Cl)cc1. The number of rotatable bonds is 7. The van der Waals surface area contributed by atoms with E-state index in [0.29, 0.717) is 21.5 Å². The maximum Gasteiger partial charge on any atom is 0.262 e. The second-order valence-corrected chi connectivity index (χ2v) is 8.21. The van der Waals surface area contributed by atoms with Crippen LogP contribution in [0.4, 0.5) is 5.69 Å². The molecule has 2 N–H and O–H groups in total. The van der Waals surface area contributed by atoms with Gasteiger partial charge < -0.3 is 10.1 Å². The molecule has 9 heteroatoms. The fourth-order valence-electron chi connectivity index (χ4n) is 2.03. The monoisotopic (exact) mass is 416 g/mol. The minimum Gasteiger partial charge on any atom is -0.484 e. The second kappa shape index (κ2) is 8.73. The third kappa shape index (κ3) is 5.60. The summed E-state index contributed by atoms with van der Waals surface area (Å²) in [6.45, 7) is 3.19. The van der Waals surface area contributed by atoms with E-state index in [2.05, 4.69) is 10.0 Å². The second-order valence-electron chi connectivity index (χ2n) is 5.68. The zero-order valence-electron chi connectivity index (χ0n) is 14.1. The summed E-state index contributed by atoms with van der Waals surface area (Å²) in [7, 11) is -3.57. The quantitative estimate of drug-likeness (QED) is 0.720. The zero-order valence-corrected chi connectivity index (χ0v) is 16.5. The maximum atomic E-state index is 12.0. The van der Waals surface area contributed by atoms with Gasteiger partial charge in [0.1, 0.15) is 5.75 Å². The van der Waals surface area contributed by atoms with Gasteiger partial charge in [-0.05, 0) is 50.2 Å². The molecule has 0 aliphatic heterocycles. The normalized spacial score (nSPS) is 11.4. The van der Waals surface area contributed by atoms with Crippen molar-refractivity contribution in [2.75, 3.05) is 11.9 Å². The number of ether oxygens (including phenoxy) is 1. The first-order valence-electron chi connectivity index (χ1n) is 7.68. The Kier molecular flexibility index (Phi) is 6.88. The highest BCUT2D eigenvalue weighted by Gasteiger charge is 2.15. The van der Waals surface area contributed by atoms with Gasteiger partial charge in [-0.2, -0.15) is 0 Å². The topological polar surface area (TPSA) is 84.5 Å². The number of hydrogen-bond acceptors (Lipinski definition) is 4. The molecule has 6 nitrogen and oxygen atoms in total. The molecule has 0 saturated carbocycles. The molecule has 140 valence electrons. The molecule has 26 heavy (non-hydrogen) atoms. The lowest BCUT2D eigenvalue weighted by Gasteiger charge is -2.11. The first kappa shape index (κ1) is 20.5. The predicted molar refractivity (Wildman–Crippen MR) is 102 cm³/mol. The van der Waals surface area contributed by atoms with Gasteiger partial charge in [0, 0.05) is 6.04 Å². The Hall–Kier alpha value is -1.80. The van der Waals surface area contributed by atoms with E-state index in [0.717, 1.165) is 0 Å². The molecule has 0 bridgehead atoms. The molecule has 0 atom stereocenters. The van der Waals surface area contributed by atoms with E-state index in [9.17, 15) is 13.2 Å². The van der Waals surface area contributed by atoms with Crippen molar-refractivity contribution >= 4 is 44.8 Å². The summed E-state index contributed by atoms with van der Waals surface area (Å²) in [4.78, 5) is 12.1. The molecule has 0 fully saturated rings. The Morgan fingerprint density at radius 2 is 1.65 bits per heavy atom. The average molecular weight is 417 g/mol. The van der Waals surface area contributed by atoms with Crippen LogP contribution in [0.2, 0.25) is 10.0 Å². The molecule has 2 aromatic rings. The van der Waals surface area contributed by atoms with Crippen molar-refractivity contribution in [3.05, 3.63) is 52.5 Å². The predicted octanol–water partition coefficient (Wildman–Crippen LogP) is 3.70. The summed E-state index contributed by atoms with van der Waals surface area (Å²) in [5.41, 5.74) is 0.311. The van der Waals surface area contributed by atoms with Crippen molar-refractivity contribution in [3.8, 4) is 5.75 Å². The van der Waals surface area contributed by atoms with Crippen molar-refractivity contribution in [1.82, 2.24) is 4.72 Å². The Morgan fingerprint density at radius 3 is 2.19 bits per heavy atom. The van der Waals surface area contributed by atoms with Crippen molar-refractivity contribution in [2.24, 2.45) is 0 Å². The van der Waals surface area contributed by atoms with E-state index in [-0.39, 0.29) is 17.5 Å². The maximum absolute atomic E-state index is 12.0. The van der Waals surface area contributed by atoms with E-state index in [1.165, 1.54) is 24.3 Å². The highest BCUT2D eigenvalue weighted by Crippen LogP contribution is 2.29. The lowest BCUT2D eigenvalue weighted by atomic mass is 10.3. The van der Waals surface area contributed by atoms with Crippen LogP contribution in [0.15, 0.2) is 47.4 Å². The van der Waals surface area contributed by atoms with Crippen LogP contribution < -0.4 is 14.8 Å². The van der Waals surface area contributed by atoms with Gasteiger partial charge in [-0.1, -0.05) is 29.3 Å². The number of sulfonamides is 1. The molecule has 0 saturated heterocycles. The largest absolute Gasteiger partial charge is 0.484 e. The molecule has 1 amide bonds. The minimum absolute atomic E-state index is 0.117. The van der Waals surface area contributed by atoms with Crippen LogP contribution in [-0.4, -0.2) is 27.0 Å². The lowest BCUT2D eigenvalue weighted by Crippen LogP contribution is -2.30. The van der Waals surface area contributed by atoms with Crippen LogP contribution in [0.3, 0.4) is 0 Å². The van der Waals surface area contributed by atoms with Crippen LogP contribution in [0.1, 0.15) is 13.8 Å². The summed E-state index contributed by atoms with van der Waals surface area (Å²) in [6, 6.07) is 10.4. The van der Waals surface area contributed by atoms with Gasteiger partial charge in [-0.25, -0.2) is 13.1 Å². The van der Waals surface area contributed by atoms with Gasteiger partial charge >= 0.3 is 0 Å². The fourth-order valence-corrected chi connectivity index (χ4v) is 3.78. The van der Waals surface area contributed by atoms with E-state index in [1.54, 1.807) is 32.0 Å². The molecule has 2 rings (SSSR count). The minimum atomic E-state index is -3.57. The van der Waals surface area contributed by atoms with Crippen molar-refractivity contribution < 1.29 is 17.9 Å². The van der Waals surface area contributed by atoms with Crippen LogP contribution >= 0.6 is 23.2 Å². The summed E-state index contributed by atoms with van der Waals surface area (Å²) in [5.74, 6) is -0.0907. The molecule has 0 aromatic heterocycles. The Labute approximate surface area is 162 Å². The molecule has 0 aliphatic carbocycles. The summed E-state index contributed by atoms with van der Waals surface area (Å²) < 4.78 is 31.9. The standard InChI is InChI=1S/C17H18Cl2N2O4S/c1-11(2)21-26(23,24)13-8-6-12(7-9-13)25-10-16(22)20-17-14(18)4-3-5-15(17)19/h3-9,11,21H,10H2,1-2H3,(H,20,22). The molecule has 2 aromatic carbocycles. The lowest BCUT2D eigenvalue weighted by molar-refractivity contribution is -0.118. The summed E-state index contributed by atoms with van der Waals surface area (Å²) >= 11 is 12.0. The highest BCUT2D eigenvalue weighted by molar-refractivity contribution is 7.89. The Bertz CT molecular complexity index is 864. The van der Waals surface area contributed by atoms with Crippen molar-refractivity contribution in [1.29, 1.82) is 0 Å². The van der Waals surface area contributed by atoms with Crippen LogP contribution in [0.5, 0.6) is 5.75 Å². The van der Waals surface area contributed by atoms with Crippen molar-refractivity contribution in [3.63, 3.8) is 0 Å². The average Bonchev–Trinajstić information content (AvgIpc) is 2.56. The number of nitrogens with one attached hydrogen (secondary N) is 2. The van der Waals surface area contributed by atoms with Crippen LogP contribution in [-0.2, 0) is 14.8 Å². The van der Waals surface area contributed by atoms with Gasteiger partial charge in [-0.15, -0.1) is 0 Å². The van der Waals surface area contributed by atoms with Gasteiger partial charge in [-0.3, -0.25) is 4.79 Å². The molecule has 0 radical (unpaired) electrons. The Morgan fingerprint density at radius 1 is 1.08 bits per heavy atom. The van der Waals surface area contributed by atoms with Gasteiger partial charge in [0.25, 0.3) is 5.91 Å². The smallest absolute Gasteiger partial charge is 0.262 e. The number of para-hydroxylation sites is 1. The van der Waals surface area contributed by atoms with E-state index in [1.807, 2.05) is 0 Å².